The third kappa shape index (κ3) is 2.94. The maximum Gasteiger partial charge on any atom is 0.335 e. The molecule has 4 heteroatoms. The molecular weight excluding hydrogens is 252 g/mol. The van der Waals surface area contributed by atoms with Crippen LogP contribution in [0.3, 0.4) is 0 Å². The molecule has 2 atom stereocenters. The number of hydrogen-bond donors (Lipinski definition) is 1. The van der Waals surface area contributed by atoms with Gasteiger partial charge in [0, 0.05) is 23.7 Å². The van der Waals surface area contributed by atoms with Gasteiger partial charge >= 0.3 is 5.97 Å². The monoisotopic (exact) mass is 276 g/mol. The van der Waals surface area contributed by atoms with Crippen LogP contribution >= 0.6 is 0 Å². The fourth-order valence-electron chi connectivity index (χ4n) is 2.79. The molecule has 2 unspecified atom stereocenters. The third-order valence-corrected chi connectivity index (χ3v) is 3.91. The summed E-state index contributed by atoms with van der Waals surface area (Å²) in [4.78, 5) is 18.3. The van der Waals surface area contributed by atoms with E-state index in [4.69, 9.17) is 4.98 Å². The van der Waals surface area contributed by atoms with Crippen LogP contribution in [0.25, 0.3) is 0 Å². The van der Waals surface area contributed by atoms with Crippen LogP contribution in [-0.2, 0) is 5.41 Å². The lowest BCUT2D eigenvalue weighted by Crippen LogP contribution is -2.29. The van der Waals surface area contributed by atoms with E-state index < -0.39 is 5.97 Å². The van der Waals surface area contributed by atoms with E-state index in [9.17, 15) is 9.90 Å². The minimum absolute atomic E-state index is 0.158. The standard InChI is InChI=1S/C16H24N2O2/c1-10-6-11(2)18(9-10)14-8-12(15(19)20)7-13(17-14)16(3,4)5/h7-8,10-11H,6,9H2,1-5H3,(H,19,20). The molecule has 0 aromatic carbocycles. The first-order valence-electron chi connectivity index (χ1n) is 7.21. The number of aromatic carboxylic acids is 1. The quantitative estimate of drug-likeness (QED) is 0.900. The zero-order valence-corrected chi connectivity index (χ0v) is 13.0. The number of aromatic nitrogens is 1. The van der Waals surface area contributed by atoms with Gasteiger partial charge in [-0.3, -0.25) is 0 Å². The van der Waals surface area contributed by atoms with Gasteiger partial charge in [-0.15, -0.1) is 0 Å². The van der Waals surface area contributed by atoms with Crippen molar-refractivity contribution in [2.45, 2.75) is 52.5 Å². The predicted molar refractivity (Wildman–Crippen MR) is 80.5 cm³/mol. The van der Waals surface area contributed by atoms with E-state index in [1.54, 1.807) is 12.1 Å². The summed E-state index contributed by atoms with van der Waals surface area (Å²) in [6.45, 7) is 11.5. The smallest absolute Gasteiger partial charge is 0.335 e. The highest BCUT2D eigenvalue weighted by Gasteiger charge is 2.29. The summed E-state index contributed by atoms with van der Waals surface area (Å²) >= 11 is 0. The Balaban J connectivity index is 2.47. The number of carbonyl (C=O) groups is 1. The van der Waals surface area contributed by atoms with Crippen LogP contribution in [0.4, 0.5) is 5.82 Å². The lowest BCUT2D eigenvalue weighted by molar-refractivity contribution is 0.0696. The Hall–Kier alpha value is -1.58. The van der Waals surface area contributed by atoms with Crippen LogP contribution in [0.5, 0.6) is 0 Å². The molecular formula is C16H24N2O2. The summed E-state index contributed by atoms with van der Waals surface area (Å²) in [7, 11) is 0. The Labute approximate surface area is 120 Å². The van der Waals surface area contributed by atoms with E-state index in [2.05, 4.69) is 39.5 Å². The largest absolute Gasteiger partial charge is 0.478 e. The van der Waals surface area contributed by atoms with E-state index in [0.29, 0.717) is 17.5 Å². The average molecular weight is 276 g/mol. The van der Waals surface area contributed by atoms with Gasteiger partial charge in [-0.1, -0.05) is 27.7 Å². The normalized spacial score (nSPS) is 23.1. The fourth-order valence-corrected chi connectivity index (χ4v) is 2.79. The summed E-state index contributed by atoms with van der Waals surface area (Å²) < 4.78 is 0. The molecule has 0 amide bonds. The maximum absolute atomic E-state index is 11.3. The van der Waals surface area contributed by atoms with E-state index in [-0.39, 0.29) is 5.41 Å². The molecule has 1 aromatic rings. The van der Waals surface area contributed by atoms with E-state index in [1.807, 2.05) is 0 Å². The van der Waals surface area contributed by atoms with Crippen molar-refractivity contribution in [2.24, 2.45) is 5.92 Å². The molecule has 0 saturated carbocycles. The Morgan fingerprint density at radius 1 is 1.35 bits per heavy atom. The second kappa shape index (κ2) is 5.08. The molecule has 1 aliphatic heterocycles. The lowest BCUT2D eigenvalue weighted by Gasteiger charge is -2.26. The van der Waals surface area contributed by atoms with Crippen LogP contribution in [0.15, 0.2) is 12.1 Å². The number of pyridine rings is 1. The zero-order valence-electron chi connectivity index (χ0n) is 13.0. The highest BCUT2D eigenvalue weighted by Crippen LogP contribution is 2.30. The van der Waals surface area contributed by atoms with Crippen molar-refractivity contribution >= 4 is 11.8 Å². The SMILES string of the molecule is CC1CC(C)N(c2cc(C(=O)O)cc(C(C)(C)C)n2)C1. The van der Waals surface area contributed by atoms with Gasteiger partial charge in [0.15, 0.2) is 0 Å². The molecule has 0 radical (unpaired) electrons. The Morgan fingerprint density at radius 3 is 2.45 bits per heavy atom. The van der Waals surface area contributed by atoms with Gasteiger partial charge in [0.25, 0.3) is 0 Å². The average Bonchev–Trinajstić information content (AvgIpc) is 2.66. The Morgan fingerprint density at radius 2 is 2.00 bits per heavy atom. The van der Waals surface area contributed by atoms with E-state index in [0.717, 1.165) is 24.5 Å². The molecule has 1 saturated heterocycles. The molecule has 1 fully saturated rings. The summed E-state index contributed by atoms with van der Waals surface area (Å²) in [6.07, 6.45) is 1.13. The van der Waals surface area contributed by atoms with Crippen LogP contribution in [-0.4, -0.2) is 28.6 Å². The topological polar surface area (TPSA) is 53.4 Å². The minimum atomic E-state index is -0.890. The predicted octanol–water partition coefficient (Wildman–Crippen LogP) is 3.31. The minimum Gasteiger partial charge on any atom is -0.478 e. The Kier molecular flexibility index (Phi) is 3.76. The Bertz CT molecular complexity index is 520. The van der Waals surface area contributed by atoms with Crippen molar-refractivity contribution in [3.8, 4) is 0 Å². The molecule has 110 valence electrons. The summed E-state index contributed by atoms with van der Waals surface area (Å²) in [5.41, 5.74) is 1.00. The fraction of sp³-hybridized carbons (Fsp3) is 0.625. The third-order valence-electron chi connectivity index (χ3n) is 3.91. The van der Waals surface area contributed by atoms with Crippen molar-refractivity contribution in [3.05, 3.63) is 23.4 Å². The first-order chi connectivity index (χ1) is 9.18. The molecule has 1 aliphatic rings. The van der Waals surface area contributed by atoms with Crippen LogP contribution in [0, 0.1) is 5.92 Å². The van der Waals surface area contributed by atoms with E-state index >= 15 is 0 Å². The molecule has 2 heterocycles. The van der Waals surface area contributed by atoms with Gasteiger partial charge in [0.05, 0.1) is 5.56 Å². The maximum atomic E-state index is 11.3. The van der Waals surface area contributed by atoms with Gasteiger partial charge in [0.1, 0.15) is 5.82 Å². The van der Waals surface area contributed by atoms with Crippen LogP contribution < -0.4 is 4.90 Å². The van der Waals surface area contributed by atoms with Crippen molar-refractivity contribution in [3.63, 3.8) is 0 Å². The number of carboxylic acid groups (broad SMARTS) is 1. The van der Waals surface area contributed by atoms with Crippen molar-refractivity contribution in [2.75, 3.05) is 11.4 Å². The molecule has 20 heavy (non-hydrogen) atoms. The lowest BCUT2D eigenvalue weighted by atomic mass is 9.90. The van der Waals surface area contributed by atoms with Crippen LogP contribution in [0.2, 0.25) is 0 Å². The summed E-state index contributed by atoms with van der Waals surface area (Å²) in [6, 6.07) is 3.80. The summed E-state index contributed by atoms with van der Waals surface area (Å²) in [5.74, 6) is 0.532. The molecule has 4 nitrogen and oxygen atoms in total. The highest BCUT2D eigenvalue weighted by molar-refractivity contribution is 5.88. The first kappa shape index (κ1) is 14.8. The number of hydrogen-bond acceptors (Lipinski definition) is 3. The number of nitrogens with zero attached hydrogens (tertiary/aromatic N) is 2. The summed E-state index contributed by atoms with van der Waals surface area (Å²) in [5, 5.41) is 9.31. The molecule has 0 bridgehead atoms. The van der Waals surface area contributed by atoms with E-state index in [1.165, 1.54) is 0 Å². The molecule has 1 aromatic heterocycles. The zero-order chi connectivity index (χ0) is 15.1. The molecule has 1 N–H and O–H groups in total. The van der Waals surface area contributed by atoms with Crippen molar-refractivity contribution in [1.82, 2.24) is 4.98 Å². The first-order valence-corrected chi connectivity index (χ1v) is 7.21. The molecule has 2 rings (SSSR count). The van der Waals surface area contributed by atoms with Crippen molar-refractivity contribution in [1.29, 1.82) is 0 Å². The van der Waals surface area contributed by atoms with Gasteiger partial charge in [-0.05, 0) is 31.4 Å². The number of anilines is 1. The van der Waals surface area contributed by atoms with Gasteiger partial charge in [-0.2, -0.15) is 0 Å². The second-order valence-corrected chi connectivity index (χ2v) is 7.00. The second-order valence-electron chi connectivity index (χ2n) is 7.00. The van der Waals surface area contributed by atoms with Crippen LogP contribution in [0.1, 0.15) is 57.1 Å². The molecule has 0 aliphatic carbocycles. The van der Waals surface area contributed by atoms with Gasteiger partial charge < -0.3 is 10.0 Å². The van der Waals surface area contributed by atoms with Crippen molar-refractivity contribution < 1.29 is 9.90 Å². The van der Waals surface area contributed by atoms with Gasteiger partial charge in [-0.25, -0.2) is 9.78 Å². The molecule has 0 spiro atoms. The number of carboxylic acids is 1. The highest BCUT2D eigenvalue weighted by atomic mass is 16.4. The van der Waals surface area contributed by atoms with Gasteiger partial charge in [0.2, 0.25) is 0 Å². The number of rotatable bonds is 2.